The number of carbonyl (C=O) groups excluding carboxylic acids is 1. The van der Waals surface area contributed by atoms with E-state index in [1.165, 1.54) is 0 Å². The van der Waals surface area contributed by atoms with Gasteiger partial charge in [0.25, 0.3) is 0 Å². The highest BCUT2D eigenvalue weighted by Gasteiger charge is 2.38. The molecule has 0 radical (unpaired) electrons. The van der Waals surface area contributed by atoms with Gasteiger partial charge in [-0.05, 0) is 40.7 Å². The fourth-order valence-corrected chi connectivity index (χ4v) is 3.03. The summed E-state index contributed by atoms with van der Waals surface area (Å²) >= 11 is 0. The maximum absolute atomic E-state index is 12.0. The minimum atomic E-state index is -0.782. The molecule has 1 aliphatic rings. The van der Waals surface area contributed by atoms with E-state index in [0.717, 1.165) is 32.1 Å². The molecule has 5 nitrogen and oxygen atoms in total. The van der Waals surface area contributed by atoms with Crippen LogP contribution < -0.4 is 5.32 Å². The second-order valence-electron chi connectivity index (χ2n) is 7.01. The van der Waals surface area contributed by atoms with Crippen LogP contribution in [0.15, 0.2) is 0 Å². The molecule has 0 bridgehead atoms. The number of rotatable bonds is 5. The Hall–Kier alpha value is -1.10. The molecule has 2 N–H and O–H groups in total. The molecule has 1 saturated carbocycles. The highest BCUT2D eigenvalue weighted by molar-refractivity contribution is 5.79. The van der Waals surface area contributed by atoms with E-state index < -0.39 is 5.97 Å². The molecule has 116 valence electrons. The zero-order valence-corrected chi connectivity index (χ0v) is 13.2. The number of amides is 1. The van der Waals surface area contributed by atoms with Crippen molar-refractivity contribution in [3.05, 3.63) is 0 Å². The lowest BCUT2D eigenvalue weighted by atomic mass is 9.78. The molecule has 0 saturated heterocycles. The summed E-state index contributed by atoms with van der Waals surface area (Å²) in [6, 6.07) is 0. The van der Waals surface area contributed by atoms with Gasteiger partial charge in [0.2, 0.25) is 5.91 Å². The average Bonchev–Trinajstić information content (AvgIpc) is 2.26. The van der Waals surface area contributed by atoms with Gasteiger partial charge in [-0.1, -0.05) is 19.3 Å². The van der Waals surface area contributed by atoms with Crippen LogP contribution in [0.4, 0.5) is 0 Å². The monoisotopic (exact) mass is 284 g/mol. The molecular weight excluding hydrogens is 256 g/mol. The number of carbonyl (C=O) groups is 2. The highest BCUT2D eigenvalue weighted by Crippen LogP contribution is 2.35. The lowest BCUT2D eigenvalue weighted by Gasteiger charge is -2.43. The van der Waals surface area contributed by atoms with Gasteiger partial charge in [-0.3, -0.25) is 14.5 Å². The van der Waals surface area contributed by atoms with Gasteiger partial charge in [0, 0.05) is 11.1 Å². The second-order valence-corrected chi connectivity index (χ2v) is 7.01. The predicted molar refractivity (Wildman–Crippen MR) is 78.6 cm³/mol. The van der Waals surface area contributed by atoms with Crippen LogP contribution in [0.3, 0.4) is 0 Å². The lowest BCUT2D eigenvalue weighted by Crippen LogP contribution is -2.54. The van der Waals surface area contributed by atoms with Crippen LogP contribution in [0, 0.1) is 0 Å². The van der Waals surface area contributed by atoms with E-state index in [4.69, 9.17) is 0 Å². The molecule has 20 heavy (non-hydrogen) atoms. The van der Waals surface area contributed by atoms with E-state index in [1.807, 2.05) is 32.7 Å². The third-order valence-electron chi connectivity index (χ3n) is 3.97. The van der Waals surface area contributed by atoms with Crippen LogP contribution in [-0.4, -0.2) is 46.6 Å². The average molecular weight is 284 g/mol. The van der Waals surface area contributed by atoms with E-state index in [2.05, 4.69) is 5.32 Å². The van der Waals surface area contributed by atoms with Crippen LogP contribution >= 0.6 is 0 Å². The smallest absolute Gasteiger partial charge is 0.305 e. The number of nitrogens with one attached hydrogen (secondary N) is 1. The number of nitrogens with zero attached hydrogens (tertiary/aromatic N) is 1. The molecule has 5 heteroatoms. The third-order valence-corrected chi connectivity index (χ3v) is 3.97. The number of aliphatic carboxylic acids is 1. The van der Waals surface area contributed by atoms with Gasteiger partial charge in [0.1, 0.15) is 0 Å². The molecule has 0 atom stereocenters. The van der Waals surface area contributed by atoms with Gasteiger partial charge in [-0.25, -0.2) is 0 Å². The van der Waals surface area contributed by atoms with Crippen LogP contribution in [0.25, 0.3) is 0 Å². The maximum atomic E-state index is 12.0. The van der Waals surface area contributed by atoms with Crippen LogP contribution in [0.2, 0.25) is 0 Å². The first-order valence-corrected chi connectivity index (χ1v) is 7.39. The van der Waals surface area contributed by atoms with Gasteiger partial charge in [0.15, 0.2) is 0 Å². The molecule has 0 spiro atoms. The van der Waals surface area contributed by atoms with Gasteiger partial charge < -0.3 is 10.4 Å². The Labute approximate surface area is 121 Å². The maximum Gasteiger partial charge on any atom is 0.305 e. The van der Waals surface area contributed by atoms with Crippen molar-refractivity contribution in [1.29, 1.82) is 0 Å². The van der Waals surface area contributed by atoms with E-state index in [-0.39, 0.29) is 30.0 Å². The van der Waals surface area contributed by atoms with E-state index in [0.29, 0.717) is 0 Å². The van der Waals surface area contributed by atoms with Crippen molar-refractivity contribution in [2.45, 2.75) is 70.4 Å². The van der Waals surface area contributed by atoms with Gasteiger partial charge in [-0.2, -0.15) is 0 Å². The number of carboxylic acid groups (broad SMARTS) is 1. The summed E-state index contributed by atoms with van der Waals surface area (Å²) in [7, 11) is 1.87. The molecule has 0 aromatic carbocycles. The van der Waals surface area contributed by atoms with Gasteiger partial charge >= 0.3 is 5.97 Å². The van der Waals surface area contributed by atoms with Crippen molar-refractivity contribution < 1.29 is 14.7 Å². The predicted octanol–water partition coefficient (Wildman–Crippen LogP) is 2.01. The van der Waals surface area contributed by atoms with Gasteiger partial charge in [-0.15, -0.1) is 0 Å². The topological polar surface area (TPSA) is 69.6 Å². The Kier molecular flexibility index (Phi) is 5.57. The summed E-state index contributed by atoms with van der Waals surface area (Å²) in [5.74, 6) is -0.828. The first-order valence-electron chi connectivity index (χ1n) is 7.39. The molecule has 1 rings (SSSR count). The van der Waals surface area contributed by atoms with Crippen molar-refractivity contribution in [2.75, 3.05) is 13.6 Å². The molecular formula is C15H28N2O3. The Bertz CT molecular complexity index is 355. The molecule has 0 aromatic heterocycles. The molecule has 1 amide bonds. The molecule has 0 aromatic rings. The van der Waals surface area contributed by atoms with E-state index in [1.54, 1.807) is 0 Å². The summed E-state index contributed by atoms with van der Waals surface area (Å²) in [6.45, 7) is 6.08. The third kappa shape index (κ3) is 5.12. The molecule has 0 unspecified atom stereocenters. The molecule has 1 aliphatic carbocycles. The number of likely N-dealkylation sites (N-methyl/N-ethyl adjacent to an activating group) is 1. The Morgan fingerprint density at radius 1 is 1.20 bits per heavy atom. The Morgan fingerprint density at radius 3 is 2.20 bits per heavy atom. The summed E-state index contributed by atoms with van der Waals surface area (Å²) in [6.07, 6.45) is 5.07. The number of hydrogen-bond donors (Lipinski definition) is 2. The minimum Gasteiger partial charge on any atom is -0.481 e. The van der Waals surface area contributed by atoms with Crippen molar-refractivity contribution in [3.8, 4) is 0 Å². The zero-order valence-electron chi connectivity index (χ0n) is 13.2. The normalized spacial score (nSPS) is 18.9. The first-order chi connectivity index (χ1) is 9.15. The zero-order chi connectivity index (χ0) is 15.4. The van der Waals surface area contributed by atoms with Gasteiger partial charge in [0.05, 0.1) is 13.0 Å². The van der Waals surface area contributed by atoms with E-state index >= 15 is 0 Å². The van der Waals surface area contributed by atoms with Crippen molar-refractivity contribution in [3.63, 3.8) is 0 Å². The van der Waals surface area contributed by atoms with Crippen LogP contribution in [0.5, 0.6) is 0 Å². The quantitative estimate of drug-likeness (QED) is 0.810. The molecule has 1 fully saturated rings. The fraction of sp³-hybridized carbons (Fsp3) is 0.867. The number of hydrogen-bond acceptors (Lipinski definition) is 3. The van der Waals surface area contributed by atoms with E-state index in [9.17, 15) is 14.7 Å². The lowest BCUT2D eigenvalue weighted by molar-refractivity contribution is -0.142. The fourth-order valence-electron chi connectivity index (χ4n) is 3.03. The summed E-state index contributed by atoms with van der Waals surface area (Å²) < 4.78 is 0. The van der Waals surface area contributed by atoms with Crippen molar-refractivity contribution in [2.24, 2.45) is 0 Å². The summed E-state index contributed by atoms with van der Waals surface area (Å²) in [4.78, 5) is 25.1. The molecule has 0 aliphatic heterocycles. The summed E-state index contributed by atoms with van der Waals surface area (Å²) in [5.41, 5.74) is -0.621. The Balaban J connectivity index is 2.70. The molecule has 0 heterocycles. The Morgan fingerprint density at radius 2 is 1.75 bits per heavy atom. The van der Waals surface area contributed by atoms with Crippen LogP contribution in [-0.2, 0) is 9.59 Å². The number of carboxylic acids is 1. The largest absolute Gasteiger partial charge is 0.481 e. The van der Waals surface area contributed by atoms with Crippen molar-refractivity contribution in [1.82, 2.24) is 10.2 Å². The van der Waals surface area contributed by atoms with Crippen LogP contribution in [0.1, 0.15) is 59.3 Å². The van der Waals surface area contributed by atoms with Crippen molar-refractivity contribution >= 4 is 11.9 Å². The minimum absolute atomic E-state index is 0.0460. The first kappa shape index (κ1) is 17.0. The standard InChI is InChI=1S/C15H28N2O3/c1-14(2,3)16-12(18)11-17(4)15(10-13(19)20)8-6-5-7-9-15/h5-11H2,1-4H3,(H,16,18)(H,19,20). The highest BCUT2D eigenvalue weighted by atomic mass is 16.4. The summed E-state index contributed by atoms with van der Waals surface area (Å²) in [5, 5.41) is 12.1. The second kappa shape index (κ2) is 6.57. The SMILES string of the molecule is CN(CC(=O)NC(C)(C)C)C1(CC(=O)O)CCCCC1.